The third-order valence-electron chi connectivity index (χ3n) is 1.53. The summed E-state index contributed by atoms with van der Waals surface area (Å²) in [6.07, 6.45) is 3.74. The minimum atomic E-state index is -0.232. The fraction of sp³-hybridized carbons (Fsp3) is 0.778. The van der Waals surface area contributed by atoms with Crippen molar-refractivity contribution in [2.45, 2.75) is 32.6 Å². The molecule has 4 nitrogen and oxygen atoms in total. The molecule has 0 spiro atoms. The largest absolute Gasteiger partial charge is 0.468 e. The van der Waals surface area contributed by atoms with Gasteiger partial charge in [-0.15, -0.1) is 0 Å². The standard InChI is InChI=1S/C9H16O4/c1-9(11)13-7-5-3-2-4-6-12-8-10/h8H,2-7H2,1H3. The second-order valence-corrected chi connectivity index (χ2v) is 2.72. The summed E-state index contributed by atoms with van der Waals surface area (Å²) in [5.74, 6) is -0.232. The number of hydrogen-bond acceptors (Lipinski definition) is 4. The molecule has 4 heteroatoms. The van der Waals surface area contributed by atoms with Crippen LogP contribution in [-0.4, -0.2) is 25.7 Å². The Bertz CT molecular complexity index is 145. The molecule has 76 valence electrons. The first-order chi connectivity index (χ1) is 6.27. The van der Waals surface area contributed by atoms with E-state index in [1.54, 1.807) is 0 Å². The SMILES string of the molecule is CC(=O)OCCCCCCOC=O. The second-order valence-electron chi connectivity index (χ2n) is 2.72. The summed E-state index contributed by atoms with van der Waals surface area (Å²) in [6.45, 7) is 2.83. The molecule has 0 aliphatic rings. The molecule has 0 aliphatic carbocycles. The maximum atomic E-state index is 10.3. The lowest BCUT2D eigenvalue weighted by Crippen LogP contribution is -2.00. The Hall–Kier alpha value is -1.06. The van der Waals surface area contributed by atoms with Crippen molar-refractivity contribution in [1.82, 2.24) is 0 Å². The molecule has 0 bridgehead atoms. The van der Waals surface area contributed by atoms with E-state index < -0.39 is 0 Å². The van der Waals surface area contributed by atoms with Gasteiger partial charge < -0.3 is 9.47 Å². The Balaban J connectivity index is 2.91. The summed E-state index contributed by atoms with van der Waals surface area (Å²) >= 11 is 0. The lowest BCUT2D eigenvalue weighted by Gasteiger charge is -2.01. The van der Waals surface area contributed by atoms with Crippen LogP contribution in [0.25, 0.3) is 0 Å². The molecule has 13 heavy (non-hydrogen) atoms. The molecule has 0 N–H and O–H groups in total. The summed E-state index contributed by atoms with van der Waals surface area (Å²) in [5, 5.41) is 0. The van der Waals surface area contributed by atoms with E-state index in [-0.39, 0.29) is 5.97 Å². The zero-order valence-corrected chi connectivity index (χ0v) is 7.95. The molecule has 0 heterocycles. The molecule has 0 aliphatic heterocycles. The average Bonchev–Trinajstić information content (AvgIpc) is 2.09. The Kier molecular flexibility index (Phi) is 8.30. The number of hydrogen-bond donors (Lipinski definition) is 0. The van der Waals surface area contributed by atoms with E-state index in [0.717, 1.165) is 25.7 Å². The van der Waals surface area contributed by atoms with Crippen LogP contribution in [0.3, 0.4) is 0 Å². The van der Waals surface area contributed by atoms with E-state index in [4.69, 9.17) is 4.74 Å². The number of carbonyl (C=O) groups excluding carboxylic acids is 2. The second kappa shape index (κ2) is 9.03. The van der Waals surface area contributed by atoms with Crippen molar-refractivity contribution in [3.05, 3.63) is 0 Å². The van der Waals surface area contributed by atoms with Crippen LogP contribution in [0, 0.1) is 0 Å². The van der Waals surface area contributed by atoms with Gasteiger partial charge in [-0.25, -0.2) is 0 Å². The van der Waals surface area contributed by atoms with Gasteiger partial charge in [0.05, 0.1) is 13.2 Å². The minimum absolute atomic E-state index is 0.232. The first kappa shape index (κ1) is 11.9. The van der Waals surface area contributed by atoms with Crippen LogP contribution in [0.2, 0.25) is 0 Å². The van der Waals surface area contributed by atoms with E-state index in [2.05, 4.69) is 4.74 Å². The minimum Gasteiger partial charge on any atom is -0.468 e. The quantitative estimate of drug-likeness (QED) is 0.327. The van der Waals surface area contributed by atoms with Gasteiger partial charge >= 0.3 is 5.97 Å². The Morgan fingerprint density at radius 2 is 1.77 bits per heavy atom. The van der Waals surface area contributed by atoms with Gasteiger partial charge in [0.15, 0.2) is 0 Å². The van der Waals surface area contributed by atoms with Crippen LogP contribution >= 0.6 is 0 Å². The zero-order chi connectivity index (χ0) is 9.94. The molecule has 0 saturated carbocycles. The molecule has 0 radical (unpaired) electrons. The monoisotopic (exact) mass is 188 g/mol. The zero-order valence-electron chi connectivity index (χ0n) is 7.95. The van der Waals surface area contributed by atoms with Crippen molar-refractivity contribution < 1.29 is 19.1 Å². The first-order valence-corrected chi connectivity index (χ1v) is 4.46. The summed E-state index contributed by atoms with van der Waals surface area (Å²) < 4.78 is 9.26. The molecular formula is C9H16O4. The molecular weight excluding hydrogens is 172 g/mol. The van der Waals surface area contributed by atoms with Gasteiger partial charge in [-0.2, -0.15) is 0 Å². The fourth-order valence-electron chi connectivity index (χ4n) is 0.905. The van der Waals surface area contributed by atoms with Crippen molar-refractivity contribution in [3.63, 3.8) is 0 Å². The maximum absolute atomic E-state index is 10.3. The van der Waals surface area contributed by atoms with Crippen molar-refractivity contribution in [3.8, 4) is 0 Å². The Morgan fingerprint density at radius 3 is 2.31 bits per heavy atom. The summed E-state index contributed by atoms with van der Waals surface area (Å²) in [6, 6.07) is 0. The van der Waals surface area contributed by atoms with Crippen LogP contribution in [-0.2, 0) is 19.1 Å². The summed E-state index contributed by atoms with van der Waals surface area (Å²) in [4.78, 5) is 20.1. The third-order valence-corrected chi connectivity index (χ3v) is 1.53. The van der Waals surface area contributed by atoms with Gasteiger partial charge in [0.25, 0.3) is 6.47 Å². The molecule has 0 amide bonds. The van der Waals surface area contributed by atoms with Gasteiger partial charge in [0.2, 0.25) is 0 Å². The van der Waals surface area contributed by atoms with Crippen molar-refractivity contribution >= 4 is 12.4 Å². The van der Waals surface area contributed by atoms with E-state index in [0.29, 0.717) is 19.7 Å². The number of esters is 1. The fourth-order valence-corrected chi connectivity index (χ4v) is 0.905. The van der Waals surface area contributed by atoms with Crippen molar-refractivity contribution in [1.29, 1.82) is 0 Å². The molecule has 0 saturated heterocycles. The highest BCUT2D eigenvalue weighted by molar-refractivity contribution is 5.65. The predicted octanol–water partition coefficient (Wildman–Crippen LogP) is 1.28. The van der Waals surface area contributed by atoms with Gasteiger partial charge in [-0.3, -0.25) is 9.59 Å². The molecule has 0 aromatic carbocycles. The van der Waals surface area contributed by atoms with Crippen molar-refractivity contribution in [2.24, 2.45) is 0 Å². The third kappa shape index (κ3) is 10.9. The number of ether oxygens (including phenoxy) is 2. The molecule has 0 rings (SSSR count). The van der Waals surface area contributed by atoms with Crippen LogP contribution in [0.15, 0.2) is 0 Å². The van der Waals surface area contributed by atoms with Crippen molar-refractivity contribution in [2.75, 3.05) is 13.2 Å². The molecule has 0 fully saturated rings. The van der Waals surface area contributed by atoms with Gasteiger partial charge in [-0.1, -0.05) is 0 Å². The normalized spacial score (nSPS) is 9.31. The lowest BCUT2D eigenvalue weighted by molar-refractivity contribution is -0.141. The molecule has 0 unspecified atom stereocenters. The number of carbonyl (C=O) groups is 2. The Morgan fingerprint density at radius 1 is 1.15 bits per heavy atom. The lowest BCUT2D eigenvalue weighted by atomic mass is 10.2. The summed E-state index contributed by atoms with van der Waals surface area (Å²) in [7, 11) is 0. The van der Waals surface area contributed by atoms with E-state index in [1.165, 1.54) is 6.92 Å². The predicted molar refractivity (Wildman–Crippen MR) is 47.1 cm³/mol. The first-order valence-electron chi connectivity index (χ1n) is 4.46. The summed E-state index contributed by atoms with van der Waals surface area (Å²) in [5.41, 5.74) is 0. The number of rotatable bonds is 8. The smallest absolute Gasteiger partial charge is 0.302 e. The molecule has 0 atom stereocenters. The highest BCUT2D eigenvalue weighted by atomic mass is 16.5. The van der Waals surface area contributed by atoms with Gasteiger partial charge in [0.1, 0.15) is 0 Å². The molecule has 0 aromatic rings. The highest BCUT2D eigenvalue weighted by Crippen LogP contribution is 2.00. The van der Waals surface area contributed by atoms with Gasteiger partial charge in [-0.05, 0) is 25.7 Å². The maximum Gasteiger partial charge on any atom is 0.302 e. The van der Waals surface area contributed by atoms with Crippen LogP contribution in [0.4, 0.5) is 0 Å². The topological polar surface area (TPSA) is 52.6 Å². The van der Waals surface area contributed by atoms with Crippen LogP contribution < -0.4 is 0 Å². The Labute approximate surface area is 78.2 Å². The highest BCUT2D eigenvalue weighted by Gasteiger charge is 1.93. The van der Waals surface area contributed by atoms with E-state index in [9.17, 15) is 9.59 Å². The van der Waals surface area contributed by atoms with Crippen LogP contribution in [0.1, 0.15) is 32.6 Å². The van der Waals surface area contributed by atoms with Gasteiger partial charge in [0, 0.05) is 6.92 Å². The van der Waals surface area contributed by atoms with E-state index in [1.807, 2.05) is 0 Å². The number of unbranched alkanes of at least 4 members (excludes halogenated alkanes) is 3. The average molecular weight is 188 g/mol. The molecule has 0 aromatic heterocycles. The van der Waals surface area contributed by atoms with E-state index >= 15 is 0 Å². The van der Waals surface area contributed by atoms with Crippen LogP contribution in [0.5, 0.6) is 0 Å².